The van der Waals surface area contributed by atoms with Crippen LogP contribution in [-0.4, -0.2) is 10.8 Å². The number of aryl methyl sites for hydroxylation is 1. The van der Waals surface area contributed by atoms with Gasteiger partial charge in [0.15, 0.2) is 5.76 Å². The molecular weight excluding hydrogens is 356 g/mol. The summed E-state index contributed by atoms with van der Waals surface area (Å²) in [6.07, 6.45) is 0.920. The number of nitro benzene ring substituents is 1. The number of nitrogens with one attached hydrogen (secondary N) is 1. The highest BCUT2D eigenvalue weighted by atomic mass is 35.5. The molecular formula is C19H15ClN2O4. The predicted molar refractivity (Wildman–Crippen MR) is 99.6 cm³/mol. The fourth-order valence-corrected chi connectivity index (χ4v) is 2.62. The number of carbonyl (C=O) groups excluding carboxylic acids is 1. The van der Waals surface area contributed by atoms with Crippen LogP contribution in [0.1, 0.15) is 23.0 Å². The second-order valence-corrected chi connectivity index (χ2v) is 6.00. The van der Waals surface area contributed by atoms with Crippen molar-refractivity contribution in [2.75, 3.05) is 5.32 Å². The summed E-state index contributed by atoms with van der Waals surface area (Å²) in [5, 5.41) is 13.8. The minimum atomic E-state index is -0.567. The van der Waals surface area contributed by atoms with Crippen LogP contribution in [0.4, 0.5) is 11.4 Å². The molecule has 1 amide bonds. The van der Waals surface area contributed by atoms with Crippen molar-refractivity contribution in [1.29, 1.82) is 0 Å². The second kappa shape index (κ2) is 7.41. The number of amides is 1. The van der Waals surface area contributed by atoms with E-state index < -0.39 is 10.8 Å². The molecule has 1 aromatic heterocycles. The number of furan rings is 1. The maximum atomic E-state index is 12.3. The molecule has 0 unspecified atom stereocenters. The van der Waals surface area contributed by atoms with Gasteiger partial charge < -0.3 is 9.73 Å². The van der Waals surface area contributed by atoms with Gasteiger partial charge in [-0.1, -0.05) is 30.7 Å². The molecule has 0 fully saturated rings. The van der Waals surface area contributed by atoms with Crippen LogP contribution in [0, 0.1) is 10.1 Å². The molecule has 2 aromatic carbocycles. The molecule has 6 nitrogen and oxygen atoms in total. The van der Waals surface area contributed by atoms with Crippen molar-refractivity contribution in [3.63, 3.8) is 0 Å². The molecule has 0 aliphatic carbocycles. The van der Waals surface area contributed by atoms with Gasteiger partial charge in [0.2, 0.25) is 0 Å². The van der Waals surface area contributed by atoms with Gasteiger partial charge in [0.25, 0.3) is 11.6 Å². The third-order valence-electron chi connectivity index (χ3n) is 3.88. The van der Waals surface area contributed by atoms with Crippen molar-refractivity contribution in [2.24, 2.45) is 0 Å². The summed E-state index contributed by atoms with van der Waals surface area (Å²) in [5.74, 6) is 0.0531. The quantitative estimate of drug-likeness (QED) is 0.486. The summed E-state index contributed by atoms with van der Waals surface area (Å²) in [7, 11) is 0. The van der Waals surface area contributed by atoms with Gasteiger partial charge in [-0.25, -0.2) is 0 Å². The first-order chi connectivity index (χ1) is 12.5. The van der Waals surface area contributed by atoms with Crippen LogP contribution in [0.3, 0.4) is 0 Å². The molecule has 7 heteroatoms. The van der Waals surface area contributed by atoms with Crippen LogP contribution in [0.5, 0.6) is 0 Å². The van der Waals surface area contributed by atoms with Gasteiger partial charge in [0.1, 0.15) is 10.8 Å². The Balaban J connectivity index is 1.79. The van der Waals surface area contributed by atoms with E-state index in [9.17, 15) is 14.9 Å². The Morgan fingerprint density at radius 3 is 2.54 bits per heavy atom. The van der Waals surface area contributed by atoms with Crippen LogP contribution in [0.2, 0.25) is 5.02 Å². The molecule has 3 aromatic rings. The Labute approximate surface area is 154 Å². The van der Waals surface area contributed by atoms with E-state index in [1.54, 1.807) is 12.1 Å². The highest BCUT2D eigenvalue weighted by Gasteiger charge is 2.17. The molecule has 0 atom stereocenters. The monoisotopic (exact) mass is 370 g/mol. The van der Waals surface area contributed by atoms with Crippen molar-refractivity contribution >= 4 is 28.9 Å². The van der Waals surface area contributed by atoms with Crippen molar-refractivity contribution < 1.29 is 14.1 Å². The fourth-order valence-electron chi connectivity index (χ4n) is 2.44. The third kappa shape index (κ3) is 3.75. The van der Waals surface area contributed by atoms with Gasteiger partial charge in [-0.15, -0.1) is 0 Å². The van der Waals surface area contributed by atoms with E-state index in [0.717, 1.165) is 6.42 Å². The Morgan fingerprint density at radius 2 is 1.88 bits per heavy atom. The van der Waals surface area contributed by atoms with Crippen LogP contribution in [-0.2, 0) is 6.42 Å². The molecule has 0 bridgehead atoms. The summed E-state index contributed by atoms with van der Waals surface area (Å²) < 4.78 is 5.55. The number of benzene rings is 2. The van der Waals surface area contributed by atoms with Gasteiger partial charge in [-0.2, -0.15) is 0 Å². The van der Waals surface area contributed by atoms with Crippen molar-refractivity contribution in [3.05, 3.63) is 81.1 Å². The Hall–Kier alpha value is -3.12. The molecule has 132 valence electrons. The number of carbonyl (C=O) groups is 1. The van der Waals surface area contributed by atoms with E-state index in [2.05, 4.69) is 12.2 Å². The summed E-state index contributed by atoms with van der Waals surface area (Å²) >= 11 is 5.81. The zero-order valence-corrected chi connectivity index (χ0v) is 14.6. The van der Waals surface area contributed by atoms with E-state index in [4.69, 9.17) is 16.0 Å². The Bertz CT molecular complexity index is 964. The molecule has 0 aliphatic rings. The number of hydrogen-bond donors (Lipinski definition) is 1. The largest absolute Gasteiger partial charge is 0.451 e. The average Bonchev–Trinajstić information content (AvgIpc) is 3.13. The molecule has 1 N–H and O–H groups in total. The fraction of sp³-hybridized carbons (Fsp3) is 0.105. The SMILES string of the molecule is CCc1ccc(NC(=O)c2ccc(-c3ccc(Cl)c([N+](=O)[O-])c3)o2)cc1. The average molecular weight is 371 g/mol. The predicted octanol–water partition coefficient (Wildman–Crippen LogP) is 5.32. The topological polar surface area (TPSA) is 85.4 Å². The second-order valence-electron chi connectivity index (χ2n) is 5.59. The van der Waals surface area contributed by atoms with E-state index in [0.29, 0.717) is 17.0 Å². The number of anilines is 1. The van der Waals surface area contributed by atoms with Crippen molar-refractivity contribution in [3.8, 4) is 11.3 Å². The minimum absolute atomic E-state index is 0.0406. The van der Waals surface area contributed by atoms with Gasteiger partial charge in [-0.3, -0.25) is 14.9 Å². The number of rotatable bonds is 5. The smallest absolute Gasteiger partial charge is 0.291 e. The lowest BCUT2D eigenvalue weighted by molar-refractivity contribution is -0.384. The zero-order chi connectivity index (χ0) is 18.7. The number of halogens is 1. The highest BCUT2D eigenvalue weighted by molar-refractivity contribution is 6.32. The molecule has 0 radical (unpaired) electrons. The lowest BCUT2D eigenvalue weighted by Crippen LogP contribution is -2.10. The van der Waals surface area contributed by atoms with E-state index in [1.165, 1.54) is 23.8 Å². The van der Waals surface area contributed by atoms with Crippen LogP contribution in [0.15, 0.2) is 59.0 Å². The first-order valence-electron chi connectivity index (χ1n) is 7.92. The highest BCUT2D eigenvalue weighted by Crippen LogP contribution is 2.31. The van der Waals surface area contributed by atoms with Crippen LogP contribution < -0.4 is 5.32 Å². The first-order valence-corrected chi connectivity index (χ1v) is 8.30. The third-order valence-corrected chi connectivity index (χ3v) is 4.20. The van der Waals surface area contributed by atoms with Crippen LogP contribution >= 0.6 is 11.6 Å². The minimum Gasteiger partial charge on any atom is -0.451 e. The Kier molecular flexibility index (Phi) is 5.04. The van der Waals surface area contributed by atoms with E-state index >= 15 is 0 Å². The molecule has 0 saturated heterocycles. The standard InChI is InChI=1S/C19H15ClN2O4/c1-2-12-3-6-14(7-4-12)21-19(23)18-10-9-17(26-18)13-5-8-15(20)16(11-13)22(24)25/h3-11H,2H2,1H3,(H,21,23). The summed E-state index contributed by atoms with van der Waals surface area (Å²) in [5.41, 5.74) is 2.08. The number of nitro groups is 1. The van der Waals surface area contributed by atoms with Crippen molar-refractivity contribution in [1.82, 2.24) is 0 Å². The zero-order valence-electron chi connectivity index (χ0n) is 13.9. The van der Waals surface area contributed by atoms with E-state index in [-0.39, 0.29) is 16.5 Å². The molecule has 26 heavy (non-hydrogen) atoms. The van der Waals surface area contributed by atoms with Crippen LogP contribution in [0.25, 0.3) is 11.3 Å². The summed E-state index contributed by atoms with van der Waals surface area (Å²) in [6.45, 7) is 2.05. The van der Waals surface area contributed by atoms with E-state index in [1.807, 2.05) is 24.3 Å². The van der Waals surface area contributed by atoms with Gasteiger partial charge in [0, 0.05) is 17.3 Å². The van der Waals surface area contributed by atoms with Gasteiger partial charge in [0.05, 0.1) is 4.92 Å². The lowest BCUT2D eigenvalue weighted by atomic mass is 10.1. The van der Waals surface area contributed by atoms with Gasteiger partial charge in [-0.05, 0) is 48.4 Å². The molecule has 0 saturated carbocycles. The molecule has 0 spiro atoms. The Morgan fingerprint density at radius 1 is 1.15 bits per heavy atom. The van der Waals surface area contributed by atoms with Gasteiger partial charge >= 0.3 is 0 Å². The molecule has 0 aliphatic heterocycles. The summed E-state index contributed by atoms with van der Waals surface area (Å²) in [4.78, 5) is 22.7. The normalized spacial score (nSPS) is 10.5. The summed E-state index contributed by atoms with van der Waals surface area (Å²) in [6, 6.07) is 15.0. The molecule has 3 rings (SSSR count). The maximum Gasteiger partial charge on any atom is 0.291 e. The molecule has 1 heterocycles. The maximum absolute atomic E-state index is 12.3. The lowest BCUT2D eigenvalue weighted by Gasteiger charge is -2.04. The number of hydrogen-bond acceptors (Lipinski definition) is 4. The number of nitrogens with zero attached hydrogens (tertiary/aromatic N) is 1. The first kappa shape index (κ1) is 17.7. The van der Waals surface area contributed by atoms with Crippen molar-refractivity contribution in [2.45, 2.75) is 13.3 Å².